The first-order valence-corrected chi connectivity index (χ1v) is 8.24. The van der Waals surface area contributed by atoms with Crippen molar-refractivity contribution >= 4 is 23.7 Å². The summed E-state index contributed by atoms with van der Waals surface area (Å²) >= 11 is 0. The van der Waals surface area contributed by atoms with Gasteiger partial charge in [-0.05, 0) is 31.7 Å². The number of unbranched alkanes of at least 4 members (excludes halogenated alkanes) is 1. The van der Waals surface area contributed by atoms with Gasteiger partial charge in [0, 0.05) is 6.54 Å². The maximum atomic E-state index is 12.3. The van der Waals surface area contributed by atoms with E-state index < -0.39 is 29.4 Å². The Hall–Kier alpha value is -2.20. The standard InChI is InChI=1S/C15H27N5O5/c1-9(2)7-10(19-12(22)15(8-25-15)13(23)24)11(21)20-14(17)18-6-4-3-5-16/h9-10H,3-8,16H2,1-2H3,(H,19,22)(H,23,24)(H3,17,18,20,21)/t10-,15?/m0/s1. The number of carbonyl (C=O) groups excluding carboxylic acids is 2. The van der Waals surface area contributed by atoms with E-state index in [4.69, 9.17) is 21.0 Å². The molecule has 0 saturated carbocycles. The summed E-state index contributed by atoms with van der Waals surface area (Å²) in [6.07, 6.45) is 1.87. The molecule has 1 rings (SSSR count). The van der Waals surface area contributed by atoms with Gasteiger partial charge in [0.25, 0.3) is 11.5 Å². The molecule has 0 bridgehead atoms. The molecule has 10 nitrogen and oxygen atoms in total. The number of carboxylic acid groups (broad SMARTS) is 1. The van der Waals surface area contributed by atoms with Crippen LogP contribution < -0.4 is 21.7 Å². The van der Waals surface area contributed by atoms with Crippen molar-refractivity contribution in [2.24, 2.45) is 11.7 Å². The van der Waals surface area contributed by atoms with E-state index in [1.165, 1.54) is 0 Å². The van der Waals surface area contributed by atoms with Crippen LogP contribution in [0.1, 0.15) is 33.1 Å². The fraction of sp³-hybridized carbons (Fsp3) is 0.733. The van der Waals surface area contributed by atoms with Crippen molar-refractivity contribution in [3.8, 4) is 0 Å². The van der Waals surface area contributed by atoms with E-state index >= 15 is 0 Å². The molecule has 2 atom stereocenters. The molecule has 10 heteroatoms. The van der Waals surface area contributed by atoms with Gasteiger partial charge in [-0.15, -0.1) is 0 Å². The van der Waals surface area contributed by atoms with Gasteiger partial charge >= 0.3 is 5.97 Å². The SMILES string of the molecule is CC(C)C[C@H](NC(=O)C1(C(=O)O)CO1)C(=O)NC(=N)NCCCCN. The summed E-state index contributed by atoms with van der Waals surface area (Å²) < 4.78 is 4.75. The molecule has 1 unspecified atom stereocenters. The van der Waals surface area contributed by atoms with E-state index in [-0.39, 0.29) is 18.5 Å². The fourth-order valence-corrected chi connectivity index (χ4v) is 2.14. The zero-order valence-electron chi connectivity index (χ0n) is 14.6. The Morgan fingerprint density at radius 3 is 2.44 bits per heavy atom. The lowest BCUT2D eigenvalue weighted by Gasteiger charge is -2.21. The normalized spacial score (nSPS) is 19.8. The van der Waals surface area contributed by atoms with Gasteiger partial charge in [-0.3, -0.25) is 20.3 Å². The minimum Gasteiger partial charge on any atom is -0.479 e. The van der Waals surface area contributed by atoms with Crippen LogP contribution in [0.3, 0.4) is 0 Å². The number of nitrogens with two attached hydrogens (primary N) is 1. The molecule has 0 aromatic carbocycles. The van der Waals surface area contributed by atoms with E-state index in [9.17, 15) is 14.4 Å². The zero-order valence-corrected chi connectivity index (χ0v) is 14.6. The Labute approximate surface area is 146 Å². The van der Waals surface area contributed by atoms with Gasteiger partial charge in [0.1, 0.15) is 6.04 Å². The highest BCUT2D eigenvalue weighted by Gasteiger charge is 2.60. The first-order valence-electron chi connectivity index (χ1n) is 8.24. The minimum atomic E-state index is -1.90. The average molecular weight is 357 g/mol. The second-order valence-electron chi connectivity index (χ2n) is 6.36. The van der Waals surface area contributed by atoms with Crippen LogP contribution in [0, 0.1) is 11.3 Å². The predicted octanol–water partition coefficient (Wildman–Crippen LogP) is -1.25. The van der Waals surface area contributed by atoms with Gasteiger partial charge in [-0.1, -0.05) is 13.8 Å². The molecule has 0 radical (unpaired) electrons. The lowest BCUT2D eigenvalue weighted by molar-refractivity contribution is -0.149. The van der Waals surface area contributed by atoms with Crippen molar-refractivity contribution < 1.29 is 24.2 Å². The molecule has 142 valence electrons. The van der Waals surface area contributed by atoms with Gasteiger partial charge in [0.15, 0.2) is 5.96 Å². The molecule has 25 heavy (non-hydrogen) atoms. The molecule has 7 N–H and O–H groups in total. The van der Waals surface area contributed by atoms with Crippen LogP contribution in [0.25, 0.3) is 0 Å². The molecular formula is C15H27N5O5. The molecule has 0 aromatic heterocycles. The quantitative estimate of drug-likeness (QED) is 0.0932. The van der Waals surface area contributed by atoms with E-state index in [0.29, 0.717) is 19.5 Å². The Kier molecular flexibility index (Phi) is 7.78. The summed E-state index contributed by atoms with van der Waals surface area (Å²) in [5.41, 5.74) is 3.48. The van der Waals surface area contributed by atoms with Crippen LogP contribution in [0.15, 0.2) is 0 Å². The minimum absolute atomic E-state index is 0.0728. The largest absolute Gasteiger partial charge is 0.479 e. The van der Waals surface area contributed by atoms with Crippen LogP contribution in [0.4, 0.5) is 0 Å². The second-order valence-corrected chi connectivity index (χ2v) is 6.36. The fourth-order valence-electron chi connectivity index (χ4n) is 2.14. The molecular weight excluding hydrogens is 330 g/mol. The van der Waals surface area contributed by atoms with Crippen LogP contribution >= 0.6 is 0 Å². The molecule has 0 aliphatic carbocycles. The van der Waals surface area contributed by atoms with Gasteiger partial charge in [-0.25, -0.2) is 4.79 Å². The van der Waals surface area contributed by atoms with Crippen molar-refractivity contribution in [3.63, 3.8) is 0 Å². The lowest BCUT2D eigenvalue weighted by atomic mass is 10.0. The average Bonchev–Trinajstić information content (AvgIpc) is 3.32. The van der Waals surface area contributed by atoms with Crippen LogP contribution in [0.2, 0.25) is 0 Å². The van der Waals surface area contributed by atoms with Crippen LogP contribution in [-0.4, -0.2) is 60.2 Å². The summed E-state index contributed by atoms with van der Waals surface area (Å²) in [6, 6.07) is -0.959. The molecule has 2 amide bonds. The molecule has 1 saturated heterocycles. The molecule has 0 aromatic rings. The van der Waals surface area contributed by atoms with Gasteiger partial charge < -0.3 is 26.2 Å². The summed E-state index contributed by atoms with van der Waals surface area (Å²) in [5.74, 6) is -2.94. The number of hydrogen-bond acceptors (Lipinski definition) is 6. The van der Waals surface area contributed by atoms with E-state index in [1.54, 1.807) is 0 Å². The number of ether oxygens (including phenoxy) is 1. The molecule has 1 fully saturated rings. The number of guanidine groups is 1. The third kappa shape index (κ3) is 6.31. The smallest absolute Gasteiger partial charge is 0.348 e. The van der Waals surface area contributed by atoms with Crippen molar-refractivity contribution in [1.29, 1.82) is 5.41 Å². The summed E-state index contributed by atoms with van der Waals surface area (Å²) in [4.78, 5) is 35.5. The summed E-state index contributed by atoms with van der Waals surface area (Å²) in [7, 11) is 0. The number of amides is 2. The lowest BCUT2D eigenvalue weighted by Crippen LogP contribution is -2.55. The summed E-state index contributed by atoms with van der Waals surface area (Å²) in [5, 5.41) is 24.3. The Bertz CT molecular complexity index is 518. The monoisotopic (exact) mass is 357 g/mol. The van der Waals surface area contributed by atoms with Crippen molar-refractivity contribution in [1.82, 2.24) is 16.0 Å². The molecule has 1 aliphatic rings. The number of carboxylic acids is 1. The van der Waals surface area contributed by atoms with Crippen LogP contribution in [-0.2, 0) is 19.1 Å². The Morgan fingerprint density at radius 2 is 1.96 bits per heavy atom. The molecule has 0 spiro atoms. The van der Waals surface area contributed by atoms with Gasteiger partial charge in [0.05, 0.1) is 6.61 Å². The third-order valence-electron chi connectivity index (χ3n) is 3.66. The number of nitrogens with one attached hydrogen (secondary N) is 4. The molecule has 1 aliphatic heterocycles. The van der Waals surface area contributed by atoms with Gasteiger partial charge in [-0.2, -0.15) is 0 Å². The van der Waals surface area contributed by atoms with Crippen molar-refractivity contribution in [3.05, 3.63) is 0 Å². The molecule has 1 heterocycles. The number of hydrogen-bond donors (Lipinski definition) is 6. The highest BCUT2D eigenvalue weighted by atomic mass is 16.6. The zero-order chi connectivity index (χ0) is 19.0. The van der Waals surface area contributed by atoms with Crippen molar-refractivity contribution in [2.75, 3.05) is 19.7 Å². The maximum absolute atomic E-state index is 12.3. The summed E-state index contributed by atoms with van der Waals surface area (Å²) in [6.45, 7) is 4.56. The first-order chi connectivity index (χ1) is 11.7. The first kappa shape index (κ1) is 20.8. The van der Waals surface area contributed by atoms with Crippen LogP contribution in [0.5, 0.6) is 0 Å². The van der Waals surface area contributed by atoms with E-state index in [2.05, 4.69) is 16.0 Å². The van der Waals surface area contributed by atoms with Crippen molar-refractivity contribution in [2.45, 2.75) is 44.8 Å². The Balaban J connectivity index is 2.59. The highest BCUT2D eigenvalue weighted by molar-refractivity contribution is 6.09. The third-order valence-corrected chi connectivity index (χ3v) is 3.66. The number of epoxide rings is 1. The maximum Gasteiger partial charge on any atom is 0.348 e. The topological polar surface area (TPSA) is 170 Å². The number of carbonyl (C=O) groups is 3. The van der Waals surface area contributed by atoms with E-state index in [0.717, 1.165) is 12.8 Å². The predicted molar refractivity (Wildman–Crippen MR) is 89.9 cm³/mol. The van der Waals surface area contributed by atoms with E-state index in [1.807, 2.05) is 13.8 Å². The number of aliphatic carboxylic acids is 1. The highest BCUT2D eigenvalue weighted by Crippen LogP contribution is 2.27. The van der Waals surface area contributed by atoms with Gasteiger partial charge in [0.2, 0.25) is 5.91 Å². The number of rotatable bonds is 10. The second kappa shape index (κ2) is 9.33. The Morgan fingerprint density at radius 1 is 1.32 bits per heavy atom.